The van der Waals surface area contributed by atoms with E-state index in [0.717, 1.165) is 18.5 Å². The highest BCUT2D eigenvalue weighted by Gasteiger charge is 2.31. The van der Waals surface area contributed by atoms with E-state index in [1.54, 1.807) is 0 Å². The molecule has 2 rings (SSSR count). The molecular weight excluding hydrogens is 291 g/mol. The van der Waals surface area contributed by atoms with Gasteiger partial charge in [-0.1, -0.05) is 6.07 Å². The number of nitrogens with two attached hydrogens (primary N) is 1. The number of methoxy groups -OCH3 is 1. The molecule has 2 N–H and O–H groups in total. The van der Waals surface area contributed by atoms with E-state index in [-0.39, 0.29) is 23.2 Å². The zero-order chi connectivity index (χ0) is 15.5. The molecule has 112 valence electrons. The predicted molar refractivity (Wildman–Crippen MR) is 66.2 cm³/mol. The largest absolute Gasteiger partial charge is 0.573 e. The fraction of sp³-hybridized carbons (Fsp3) is 0.167. The van der Waals surface area contributed by atoms with Crippen LogP contribution in [0.5, 0.6) is 23.3 Å². The molecule has 0 bridgehead atoms. The van der Waals surface area contributed by atoms with E-state index in [9.17, 15) is 13.2 Å². The number of hydrogen-bond donors (Lipinski definition) is 1. The van der Waals surface area contributed by atoms with Crippen molar-refractivity contribution < 1.29 is 27.4 Å². The summed E-state index contributed by atoms with van der Waals surface area (Å²) in [6, 6.07) is 4.97. The number of aromatic nitrogens is 2. The third kappa shape index (κ3) is 3.88. The quantitative estimate of drug-likeness (QED) is 0.935. The van der Waals surface area contributed by atoms with Crippen LogP contribution >= 0.6 is 0 Å². The van der Waals surface area contributed by atoms with Crippen molar-refractivity contribution in [3.8, 4) is 23.3 Å². The van der Waals surface area contributed by atoms with Crippen molar-refractivity contribution in [1.82, 2.24) is 9.97 Å². The normalized spacial score (nSPS) is 11.0. The molecule has 0 unspecified atom stereocenters. The number of benzene rings is 1. The maximum Gasteiger partial charge on any atom is 0.573 e. The summed E-state index contributed by atoms with van der Waals surface area (Å²) in [5.74, 6) is -0.280. The lowest BCUT2D eigenvalue weighted by Crippen LogP contribution is -2.17. The summed E-state index contributed by atoms with van der Waals surface area (Å²) in [6.07, 6.45) is -3.63. The zero-order valence-corrected chi connectivity index (χ0v) is 10.7. The van der Waals surface area contributed by atoms with E-state index in [1.165, 1.54) is 19.2 Å². The number of halogens is 3. The molecule has 0 saturated carbocycles. The predicted octanol–water partition coefficient (Wildman–Crippen LogP) is 2.76. The Hall–Kier alpha value is -2.71. The monoisotopic (exact) mass is 301 g/mol. The van der Waals surface area contributed by atoms with Gasteiger partial charge in [0.05, 0.1) is 7.11 Å². The molecule has 0 saturated heterocycles. The van der Waals surface area contributed by atoms with Gasteiger partial charge in [-0.3, -0.25) is 0 Å². The lowest BCUT2D eigenvalue weighted by molar-refractivity contribution is -0.274. The number of rotatable bonds is 4. The Bertz CT molecular complexity index is 635. The molecule has 0 aliphatic heterocycles. The molecule has 1 heterocycles. The molecule has 2 aromatic rings. The van der Waals surface area contributed by atoms with E-state index in [0.29, 0.717) is 0 Å². The van der Waals surface area contributed by atoms with Crippen LogP contribution in [0.3, 0.4) is 0 Å². The Morgan fingerprint density at radius 2 is 1.76 bits per heavy atom. The van der Waals surface area contributed by atoms with Crippen LogP contribution in [-0.2, 0) is 0 Å². The van der Waals surface area contributed by atoms with Gasteiger partial charge in [-0.2, -0.15) is 9.97 Å². The first-order valence-corrected chi connectivity index (χ1v) is 5.57. The smallest absolute Gasteiger partial charge is 0.479 e. The van der Waals surface area contributed by atoms with Gasteiger partial charge >= 0.3 is 6.36 Å². The molecule has 0 aliphatic rings. The lowest BCUT2D eigenvalue weighted by Gasteiger charge is -2.11. The van der Waals surface area contributed by atoms with Crippen molar-refractivity contribution in [2.24, 2.45) is 0 Å². The topological polar surface area (TPSA) is 79.5 Å². The van der Waals surface area contributed by atoms with Crippen LogP contribution in [0.2, 0.25) is 0 Å². The van der Waals surface area contributed by atoms with Gasteiger partial charge in [-0.05, 0) is 12.1 Å². The van der Waals surface area contributed by atoms with Crippen LogP contribution in [0, 0.1) is 0 Å². The highest BCUT2D eigenvalue weighted by atomic mass is 19.4. The molecule has 0 spiro atoms. The molecule has 0 radical (unpaired) electrons. The second-order valence-electron chi connectivity index (χ2n) is 3.73. The van der Waals surface area contributed by atoms with Crippen molar-refractivity contribution in [3.63, 3.8) is 0 Å². The first-order chi connectivity index (χ1) is 9.89. The minimum absolute atomic E-state index is 0.0298. The van der Waals surface area contributed by atoms with Crippen molar-refractivity contribution in [1.29, 1.82) is 0 Å². The third-order valence-electron chi connectivity index (χ3n) is 2.26. The highest BCUT2D eigenvalue weighted by molar-refractivity contribution is 5.56. The molecule has 0 atom stereocenters. The summed E-state index contributed by atoms with van der Waals surface area (Å²) in [6.45, 7) is 0. The Balaban J connectivity index is 2.22. The summed E-state index contributed by atoms with van der Waals surface area (Å²) >= 11 is 0. The van der Waals surface area contributed by atoms with Gasteiger partial charge in [0.15, 0.2) is 5.69 Å². The number of nitrogens with zero attached hydrogens (tertiary/aromatic N) is 2. The van der Waals surface area contributed by atoms with E-state index in [1.807, 2.05) is 0 Å². The van der Waals surface area contributed by atoms with Crippen LogP contribution in [0.4, 0.5) is 18.9 Å². The second-order valence-corrected chi connectivity index (χ2v) is 3.73. The molecule has 0 aliphatic carbocycles. The molecule has 1 aromatic heterocycles. The van der Waals surface area contributed by atoms with Crippen molar-refractivity contribution in [3.05, 3.63) is 30.6 Å². The van der Waals surface area contributed by atoms with Gasteiger partial charge < -0.3 is 19.9 Å². The van der Waals surface area contributed by atoms with E-state index in [4.69, 9.17) is 15.2 Å². The average Bonchev–Trinajstić information content (AvgIpc) is 2.40. The zero-order valence-electron chi connectivity index (χ0n) is 10.7. The fourth-order valence-corrected chi connectivity index (χ4v) is 1.45. The highest BCUT2D eigenvalue weighted by Crippen LogP contribution is 2.32. The van der Waals surface area contributed by atoms with Crippen LogP contribution < -0.4 is 19.9 Å². The summed E-state index contributed by atoms with van der Waals surface area (Å²) < 4.78 is 50.4. The van der Waals surface area contributed by atoms with Gasteiger partial charge in [0.2, 0.25) is 11.8 Å². The number of anilines is 1. The summed E-state index contributed by atoms with van der Waals surface area (Å²) in [5, 5.41) is 0. The average molecular weight is 301 g/mol. The van der Waals surface area contributed by atoms with Gasteiger partial charge in [0, 0.05) is 6.07 Å². The maximum atomic E-state index is 12.1. The molecule has 9 heteroatoms. The molecule has 6 nitrogen and oxygen atoms in total. The molecular formula is C12H10F3N3O3. The maximum absolute atomic E-state index is 12.1. The first-order valence-electron chi connectivity index (χ1n) is 5.57. The van der Waals surface area contributed by atoms with E-state index < -0.39 is 12.1 Å². The summed E-state index contributed by atoms with van der Waals surface area (Å²) in [4.78, 5) is 7.54. The number of hydrogen-bond acceptors (Lipinski definition) is 6. The molecule has 0 amide bonds. The van der Waals surface area contributed by atoms with Crippen molar-refractivity contribution >= 4 is 5.69 Å². The third-order valence-corrected chi connectivity index (χ3v) is 2.26. The standard InChI is InChI=1S/C12H10F3N3O3/c1-19-10-9(16)11(18-6-17-10)20-7-3-2-4-8(5-7)21-12(13,14)15/h2-6H,16H2,1H3. The minimum atomic E-state index is -4.78. The Kier molecular flexibility index (Phi) is 4.01. The summed E-state index contributed by atoms with van der Waals surface area (Å²) in [5.41, 5.74) is 5.73. The van der Waals surface area contributed by atoms with Crippen molar-refractivity contribution in [2.75, 3.05) is 12.8 Å². The first kappa shape index (κ1) is 14.7. The van der Waals surface area contributed by atoms with Gasteiger partial charge in [-0.25, -0.2) is 0 Å². The van der Waals surface area contributed by atoms with Gasteiger partial charge in [0.25, 0.3) is 0 Å². The fourth-order valence-electron chi connectivity index (χ4n) is 1.45. The SMILES string of the molecule is COc1ncnc(Oc2cccc(OC(F)(F)F)c2)c1N. The van der Waals surface area contributed by atoms with Crippen LogP contribution in [0.25, 0.3) is 0 Å². The Morgan fingerprint density at radius 1 is 1.10 bits per heavy atom. The van der Waals surface area contributed by atoms with Crippen LogP contribution in [0.1, 0.15) is 0 Å². The second kappa shape index (κ2) is 5.73. The van der Waals surface area contributed by atoms with Crippen LogP contribution in [-0.4, -0.2) is 23.4 Å². The number of alkyl halides is 3. The number of nitrogen functional groups attached to an aromatic ring is 1. The number of ether oxygens (including phenoxy) is 3. The van der Waals surface area contributed by atoms with Gasteiger partial charge in [0.1, 0.15) is 17.8 Å². The Morgan fingerprint density at radius 3 is 2.43 bits per heavy atom. The van der Waals surface area contributed by atoms with Crippen LogP contribution in [0.15, 0.2) is 30.6 Å². The van der Waals surface area contributed by atoms with E-state index in [2.05, 4.69) is 14.7 Å². The molecule has 1 aromatic carbocycles. The van der Waals surface area contributed by atoms with Gasteiger partial charge in [-0.15, -0.1) is 13.2 Å². The van der Waals surface area contributed by atoms with E-state index >= 15 is 0 Å². The molecule has 0 fully saturated rings. The molecule has 21 heavy (non-hydrogen) atoms. The Labute approximate surface area is 117 Å². The minimum Gasteiger partial charge on any atom is -0.479 e. The van der Waals surface area contributed by atoms with Crippen molar-refractivity contribution in [2.45, 2.75) is 6.36 Å². The summed E-state index contributed by atoms with van der Waals surface area (Å²) in [7, 11) is 1.36. The lowest BCUT2D eigenvalue weighted by atomic mass is 10.3.